The minimum Gasteiger partial charge on any atom is -0.390 e. The Morgan fingerprint density at radius 2 is 1.69 bits per heavy atom. The number of para-hydroxylation sites is 1. The Bertz CT molecular complexity index is 1230. The van der Waals surface area contributed by atoms with Gasteiger partial charge in [-0.05, 0) is 42.5 Å². The summed E-state index contributed by atoms with van der Waals surface area (Å²) in [6.45, 7) is 3.24. The van der Waals surface area contributed by atoms with Crippen molar-refractivity contribution in [1.82, 2.24) is 14.0 Å². The highest BCUT2D eigenvalue weighted by Gasteiger charge is 2.24. The van der Waals surface area contributed by atoms with Gasteiger partial charge in [0.15, 0.2) is 0 Å². The average Bonchev–Trinajstić information content (AvgIpc) is 2.82. The monoisotopic (exact) mass is 435 g/mol. The number of β-amino-alcohol motifs (C(OH)–C–C–N with tert-alkyl or cyclic N) is 1. The van der Waals surface area contributed by atoms with E-state index in [0.717, 1.165) is 32.4 Å². The van der Waals surface area contributed by atoms with E-state index in [1.54, 1.807) is 10.6 Å². The van der Waals surface area contributed by atoms with E-state index in [2.05, 4.69) is 23.1 Å². The van der Waals surface area contributed by atoms with E-state index in [-0.39, 0.29) is 23.8 Å². The maximum absolute atomic E-state index is 13.5. The molecular formula is C25H29N3O4. The SMILES string of the molecule is O=c1c2ccccc2n(C2CCOCC2)c(=O)n1C[C@@H](O)CN1CCc2ccccc2C1. The van der Waals surface area contributed by atoms with Crippen LogP contribution < -0.4 is 11.2 Å². The zero-order valence-electron chi connectivity index (χ0n) is 18.2. The van der Waals surface area contributed by atoms with Crippen LogP contribution in [0.3, 0.4) is 0 Å². The molecule has 3 heterocycles. The first-order valence-corrected chi connectivity index (χ1v) is 11.4. The molecule has 1 fully saturated rings. The lowest BCUT2D eigenvalue weighted by Crippen LogP contribution is -2.46. The van der Waals surface area contributed by atoms with Gasteiger partial charge >= 0.3 is 5.69 Å². The Morgan fingerprint density at radius 1 is 0.969 bits per heavy atom. The Labute approximate surface area is 186 Å². The fourth-order valence-corrected chi connectivity index (χ4v) is 5.06. The summed E-state index contributed by atoms with van der Waals surface area (Å²) in [6.07, 6.45) is 1.60. The molecule has 0 unspecified atom stereocenters. The van der Waals surface area contributed by atoms with E-state index in [0.29, 0.717) is 30.7 Å². The van der Waals surface area contributed by atoms with Crippen LogP contribution in [0.25, 0.3) is 10.9 Å². The van der Waals surface area contributed by atoms with Crippen LogP contribution in [-0.2, 0) is 24.2 Å². The molecule has 2 aliphatic heterocycles. The molecule has 2 aromatic carbocycles. The largest absolute Gasteiger partial charge is 0.390 e. The number of aliphatic hydroxyl groups excluding tert-OH is 1. The van der Waals surface area contributed by atoms with Gasteiger partial charge in [-0.3, -0.25) is 18.8 Å². The lowest BCUT2D eigenvalue weighted by Gasteiger charge is -2.30. The molecule has 1 aromatic heterocycles. The van der Waals surface area contributed by atoms with Gasteiger partial charge in [0.1, 0.15) is 0 Å². The molecule has 7 heteroatoms. The van der Waals surface area contributed by atoms with Crippen molar-refractivity contribution in [3.8, 4) is 0 Å². The third-order valence-corrected chi connectivity index (χ3v) is 6.70. The summed E-state index contributed by atoms with van der Waals surface area (Å²) in [4.78, 5) is 28.8. The van der Waals surface area contributed by atoms with Gasteiger partial charge in [-0.1, -0.05) is 36.4 Å². The number of rotatable bonds is 5. The van der Waals surface area contributed by atoms with Crippen molar-refractivity contribution in [3.05, 3.63) is 80.5 Å². The lowest BCUT2D eigenvalue weighted by atomic mass is 10.00. The summed E-state index contributed by atoms with van der Waals surface area (Å²) < 4.78 is 8.43. The van der Waals surface area contributed by atoms with Crippen LogP contribution in [0.15, 0.2) is 58.1 Å². The molecule has 3 aromatic rings. The van der Waals surface area contributed by atoms with Gasteiger partial charge in [0, 0.05) is 38.9 Å². The van der Waals surface area contributed by atoms with E-state index in [1.165, 1.54) is 15.7 Å². The van der Waals surface area contributed by atoms with Gasteiger partial charge in [-0.15, -0.1) is 0 Å². The quantitative estimate of drug-likeness (QED) is 0.663. The van der Waals surface area contributed by atoms with Gasteiger partial charge in [0.25, 0.3) is 5.56 Å². The molecule has 168 valence electrons. The number of fused-ring (bicyclic) bond motifs is 2. The van der Waals surface area contributed by atoms with Crippen LogP contribution in [0.5, 0.6) is 0 Å². The van der Waals surface area contributed by atoms with Crippen LogP contribution in [0, 0.1) is 0 Å². The second-order valence-corrected chi connectivity index (χ2v) is 8.84. The zero-order valence-corrected chi connectivity index (χ0v) is 18.2. The van der Waals surface area contributed by atoms with Crippen molar-refractivity contribution in [2.45, 2.75) is 44.5 Å². The Kier molecular flexibility index (Phi) is 5.95. The van der Waals surface area contributed by atoms with Crippen LogP contribution in [0.4, 0.5) is 0 Å². The number of benzene rings is 2. The van der Waals surface area contributed by atoms with E-state index in [9.17, 15) is 14.7 Å². The van der Waals surface area contributed by atoms with E-state index < -0.39 is 6.10 Å². The summed E-state index contributed by atoms with van der Waals surface area (Å²) in [5.74, 6) is 0. The molecule has 5 rings (SSSR count). The molecule has 1 N–H and O–H groups in total. The first-order chi connectivity index (χ1) is 15.6. The molecule has 0 saturated carbocycles. The molecule has 2 aliphatic rings. The number of aliphatic hydroxyl groups is 1. The standard InChI is InChI=1S/C25H29N3O4/c29-21(16-26-12-9-18-5-1-2-6-19(18)15-26)17-27-24(30)22-7-3-4-8-23(22)28(25(27)31)20-10-13-32-14-11-20/h1-8,20-21,29H,9-17H2/t21-/m0/s1. The van der Waals surface area contributed by atoms with Crippen molar-refractivity contribution in [2.75, 3.05) is 26.3 Å². The minimum absolute atomic E-state index is 0.0101. The van der Waals surface area contributed by atoms with Gasteiger partial charge < -0.3 is 9.84 Å². The van der Waals surface area contributed by atoms with Gasteiger partial charge in [0.2, 0.25) is 0 Å². The summed E-state index contributed by atoms with van der Waals surface area (Å²) in [7, 11) is 0. The van der Waals surface area contributed by atoms with Crippen molar-refractivity contribution in [2.24, 2.45) is 0 Å². The summed E-state index contributed by atoms with van der Waals surface area (Å²) in [5, 5.41) is 11.4. The van der Waals surface area contributed by atoms with Gasteiger partial charge in [0.05, 0.1) is 23.6 Å². The Morgan fingerprint density at radius 3 is 2.50 bits per heavy atom. The molecule has 32 heavy (non-hydrogen) atoms. The summed E-state index contributed by atoms with van der Waals surface area (Å²) >= 11 is 0. The first kappa shape index (κ1) is 21.1. The third kappa shape index (κ3) is 4.03. The van der Waals surface area contributed by atoms with Crippen molar-refractivity contribution < 1.29 is 9.84 Å². The lowest BCUT2D eigenvalue weighted by molar-refractivity contribution is 0.0676. The molecule has 0 bridgehead atoms. The first-order valence-electron chi connectivity index (χ1n) is 11.4. The number of nitrogens with zero attached hydrogens (tertiary/aromatic N) is 3. The molecular weight excluding hydrogens is 406 g/mol. The minimum atomic E-state index is -0.810. The molecule has 0 aliphatic carbocycles. The van der Waals surface area contributed by atoms with Crippen LogP contribution in [0.2, 0.25) is 0 Å². The highest BCUT2D eigenvalue weighted by Crippen LogP contribution is 2.23. The van der Waals surface area contributed by atoms with Crippen molar-refractivity contribution >= 4 is 10.9 Å². The number of hydrogen-bond acceptors (Lipinski definition) is 5. The zero-order chi connectivity index (χ0) is 22.1. The average molecular weight is 436 g/mol. The molecule has 1 saturated heterocycles. The van der Waals surface area contributed by atoms with Crippen LogP contribution in [-0.4, -0.2) is 51.5 Å². The Hall–Kier alpha value is -2.74. The van der Waals surface area contributed by atoms with Crippen LogP contribution >= 0.6 is 0 Å². The smallest absolute Gasteiger partial charge is 0.331 e. The van der Waals surface area contributed by atoms with E-state index in [4.69, 9.17) is 4.74 Å². The fourth-order valence-electron chi connectivity index (χ4n) is 5.06. The molecule has 7 nitrogen and oxygen atoms in total. The highest BCUT2D eigenvalue weighted by atomic mass is 16.5. The number of ether oxygens (including phenoxy) is 1. The van der Waals surface area contributed by atoms with Crippen molar-refractivity contribution in [3.63, 3.8) is 0 Å². The maximum Gasteiger partial charge on any atom is 0.331 e. The second-order valence-electron chi connectivity index (χ2n) is 8.84. The molecule has 0 radical (unpaired) electrons. The maximum atomic E-state index is 13.5. The Balaban J connectivity index is 1.43. The topological polar surface area (TPSA) is 76.7 Å². The number of aromatic nitrogens is 2. The van der Waals surface area contributed by atoms with Crippen molar-refractivity contribution in [1.29, 1.82) is 0 Å². The second kappa shape index (κ2) is 9.02. The summed E-state index contributed by atoms with van der Waals surface area (Å²) in [6, 6.07) is 15.6. The normalized spacial score (nSPS) is 18.5. The van der Waals surface area contributed by atoms with Gasteiger partial charge in [-0.2, -0.15) is 0 Å². The number of hydrogen-bond donors (Lipinski definition) is 1. The predicted octanol–water partition coefficient (Wildman–Crippen LogP) is 1.93. The third-order valence-electron chi connectivity index (χ3n) is 6.70. The van der Waals surface area contributed by atoms with E-state index >= 15 is 0 Å². The highest BCUT2D eigenvalue weighted by molar-refractivity contribution is 5.78. The van der Waals surface area contributed by atoms with Gasteiger partial charge in [-0.25, -0.2) is 4.79 Å². The molecule has 0 amide bonds. The van der Waals surface area contributed by atoms with E-state index in [1.807, 2.05) is 24.3 Å². The predicted molar refractivity (Wildman–Crippen MR) is 123 cm³/mol. The fraction of sp³-hybridized carbons (Fsp3) is 0.440. The molecule has 1 atom stereocenters. The molecule has 0 spiro atoms. The van der Waals surface area contributed by atoms with Crippen LogP contribution in [0.1, 0.15) is 30.0 Å². The summed E-state index contributed by atoms with van der Waals surface area (Å²) in [5.41, 5.74) is 2.60.